The maximum absolute atomic E-state index is 10.3. The molecular formula is C5H6BrClO. The van der Waals surface area contributed by atoms with Crippen molar-refractivity contribution in [2.24, 2.45) is 5.92 Å². The van der Waals surface area contributed by atoms with Crippen molar-refractivity contribution in [3.63, 3.8) is 0 Å². The summed E-state index contributed by atoms with van der Waals surface area (Å²) in [5.41, 5.74) is 0. The quantitative estimate of drug-likeness (QED) is 0.464. The van der Waals surface area contributed by atoms with Gasteiger partial charge in [0.1, 0.15) is 0 Å². The van der Waals surface area contributed by atoms with E-state index in [1.54, 1.807) is 0 Å². The second-order valence-electron chi connectivity index (χ2n) is 2.07. The van der Waals surface area contributed by atoms with Crippen LogP contribution in [-0.4, -0.2) is 10.1 Å². The van der Waals surface area contributed by atoms with Crippen LogP contribution in [0.2, 0.25) is 0 Å². The van der Waals surface area contributed by atoms with E-state index in [2.05, 4.69) is 15.9 Å². The van der Waals surface area contributed by atoms with Crippen LogP contribution < -0.4 is 0 Å². The molecule has 0 N–H and O–H groups in total. The molecule has 1 saturated carbocycles. The van der Waals surface area contributed by atoms with Crippen molar-refractivity contribution in [3.8, 4) is 0 Å². The maximum atomic E-state index is 10.3. The summed E-state index contributed by atoms with van der Waals surface area (Å²) in [6, 6.07) is 0. The van der Waals surface area contributed by atoms with E-state index >= 15 is 0 Å². The molecule has 0 heterocycles. The number of carbonyl (C=O) groups excluding carboxylic acids is 1. The Balaban J connectivity index is 2.25. The standard InChI is InChI=1S/C5H6BrClO/c6-4-1-3(2-4)5(7)8/h3-4H,1-2H2. The van der Waals surface area contributed by atoms with Crippen molar-refractivity contribution >= 4 is 32.8 Å². The van der Waals surface area contributed by atoms with Gasteiger partial charge in [-0.1, -0.05) is 15.9 Å². The summed E-state index contributed by atoms with van der Waals surface area (Å²) in [5, 5.41) is -0.180. The molecule has 3 heteroatoms. The lowest BCUT2D eigenvalue weighted by Crippen LogP contribution is -2.27. The van der Waals surface area contributed by atoms with E-state index in [1.165, 1.54) is 0 Å². The van der Waals surface area contributed by atoms with Gasteiger partial charge in [0.25, 0.3) is 0 Å². The molecule has 0 unspecified atom stereocenters. The van der Waals surface area contributed by atoms with Gasteiger partial charge in [0.2, 0.25) is 5.24 Å². The average molecular weight is 197 g/mol. The smallest absolute Gasteiger partial charge is 0.224 e. The zero-order chi connectivity index (χ0) is 6.15. The largest absolute Gasteiger partial charge is 0.281 e. The Labute approximate surface area is 61.5 Å². The minimum Gasteiger partial charge on any atom is -0.281 e. The summed E-state index contributed by atoms with van der Waals surface area (Å²) in [5.74, 6) is 0.140. The first-order chi connectivity index (χ1) is 3.70. The van der Waals surface area contributed by atoms with Crippen LogP contribution in [-0.2, 0) is 4.79 Å². The van der Waals surface area contributed by atoms with Crippen molar-refractivity contribution in [1.29, 1.82) is 0 Å². The van der Waals surface area contributed by atoms with E-state index in [1.807, 2.05) is 0 Å². The molecule has 0 radical (unpaired) electrons. The highest BCUT2D eigenvalue weighted by molar-refractivity contribution is 9.09. The third kappa shape index (κ3) is 1.23. The SMILES string of the molecule is O=C(Cl)C1CC(Br)C1. The van der Waals surface area contributed by atoms with E-state index in [-0.39, 0.29) is 11.2 Å². The highest BCUT2D eigenvalue weighted by Crippen LogP contribution is 2.34. The Morgan fingerprint density at radius 3 is 2.25 bits per heavy atom. The van der Waals surface area contributed by atoms with Gasteiger partial charge in [0.05, 0.1) is 0 Å². The highest BCUT2D eigenvalue weighted by atomic mass is 79.9. The zero-order valence-electron chi connectivity index (χ0n) is 4.23. The number of hydrogen-bond acceptors (Lipinski definition) is 1. The van der Waals surface area contributed by atoms with E-state index < -0.39 is 0 Å². The Morgan fingerprint density at radius 1 is 1.62 bits per heavy atom. The maximum Gasteiger partial charge on any atom is 0.224 e. The van der Waals surface area contributed by atoms with Crippen molar-refractivity contribution in [2.45, 2.75) is 17.7 Å². The summed E-state index contributed by atoms with van der Waals surface area (Å²) in [6.07, 6.45) is 1.84. The summed E-state index contributed by atoms with van der Waals surface area (Å²) in [7, 11) is 0. The second kappa shape index (κ2) is 2.36. The van der Waals surface area contributed by atoms with Gasteiger partial charge in [-0.2, -0.15) is 0 Å². The molecule has 1 nitrogen and oxygen atoms in total. The molecule has 46 valence electrons. The van der Waals surface area contributed by atoms with Crippen molar-refractivity contribution in [2.75, 3.05) is 0 Å². The number of hydrogen-bond donors (Lipinski definition) is 0. The third-order valence-electron chi connectivity index (χ3n) is 1.40. The van der Waals surface area contributed by atoms with Crippen LogP contribution in [0.15, 0.2) is 0 Å². The van der Waals surface area contributed by atoms with Crippen LogP contribution >= 0.6 is 27.5 Å². The topological polar surface area (TPSA) is 17.1 Å². The molecule has 0 aromatic rings. The van der Waals surface area contributed by atoms with E-state index in [0.717, 1.165) is 12.8 Å². The molecule has 0 aromatic carbocycles. The van der Waals surface area contributed by atoms with Crippen molar-refractivity contribution < 1.29 is 4.79 Å². The molecule has 0 aliphatic heterocycles. The zero-order valence-corrected chi connectivity index (χ0v) is 6.58. The van der Waals surface area contributed by atoms with E-state index in [0.29, 0.717) is 4.83 Å². The molecule has 0 amide bonds. The highest BCUT2D eigenvalue weighted by Gasteiger charge is 2.31. The lowest BCUT2D eigenvalue weighted by molar-refractivity contribution is -0.117. The molecule has 1 aliphatic carbocycles. The van der Waals surface area contributed by atoms with Gasteiger partial charge in [-0.25, -0.2) is 0 Å². The van der Waals surface area contributed by atoms with Gasteiger partial charge >= 0.3 is 0 Å². The summed E-state index contributed by atoms with van der Waals surface area (Å²) in [6.45, 7) is 0. The fourth-order valence-electron chi connectivity index (χ4n) is 0.734. The Morgan fingerprint density at radius 2 is 2.12 bits per heavy atom. The van der Waals surface area contributed by atoms with E-state index in [9.17, 15) is 4.79 Å². The minimum absolute atomic E-state index is 0.140. The summed E-state index contributed by atoms with van der Waals surface area (Å²) >= 11 is 8.54. The lowest BCUT2D eigenvalue weighted by Gasteiger charge is -2.27. The Hall–Kier alpha value is 0.440. The monoisotopic (exact) mass is 196 g/mol. The average Bonchev–Trinajstić information content (AvgIpc) is 1.57. The Bertz CT molecular complexity index is 109. The first-order valence-corrected chi connectivity index (χ1v) is 3.83. The molecular weight excluding hydrogens is 191 g/mol. The fraction of sp³-hybridized carbons (Fsp3) is 0.800. The van der Waals surface area contributed by atoms with Gasteiger partial charge in [-0.3, -0.25) is 4.79 Å². The number of rotatable bonds is 1. The lowest BCUT2D eigenvalue weighted by atomic mass is 9.87. The number of carbonyl (C=O) groups is 1. The van der Waals surface area contributed by atoms with Gasteiger partial charge < -0.3 is 0 Å². The minimum atomic E-state index is -0.180. The van der Waals surface area contributed by atoms with Crippen molar-refractivity contribution in [3.05, 3.63) is 0 Å². The van der Waals surface area contributed by atoms with Crippen LogP contribution in [0, 0.1) is 5.92 Å². The van der Waals surface area contributed by atoms with Crippen molar-refractivity contribution in [1.82, 2.24) is 0 Å². The van der Waals surface area contributed by atoms with Gasteiger partial charge in [-0.05, 0) is 24.4 Å². The summed E-state index contributed by atoms with van der Waals surface area (Å²) in [4.78, 5) is 10.9. The van der Waals surface area contributed by atoms with Gasteiger partial charge in [-0.15, -0.1) is 0 Å². The molecule has 0 bridgehead atoms. The third-order valence-corrected chi connectivity index (χ3v) is 2.46. The molecule has 1 fully saturated rings. The predicted molar refractivity (Wildman–Crippen MR) is 36.3 cm³/mol. The van der Waals surface area contributed by atoms with E-state index in [4.69, 9.17) is 11.6 Å². The molecule has 8 heavy (non-hydrogen) atoms. The molecule has 1 aliphatic rings. The van der Waals surface area contributed by atoms with Crippen LogP contribution in [0.25, 0.3) is 0 Å². The first-order valence-electron chi connectivity index (χ1n) is 2.53. The van der Waals surface area contributed by atoms with Crippen LogP contribution in [0.3, 0.4) is 0 Å². The van der Waals surface area contributed by atoms with Crippen LogP contribution in [0.5, 0.6) is 0 Å². The number of alkyl halides is 1. The van der Waals surface area contributed by atoms with Gasteiger partial charge in [0.15, 0.2) is 0 Å². The molecule has 0 saturated heterocycles. The van der Waals surface area contributed by atoms with Crippen LogP contribution in [0.1, 0.15) is 12.8 Å². The number of halogens is 2. The Kier molecular flexibility index (Phi) is 1.93. The molecule has 0 atom stereocenters. The predicted octanol–water partition coefficient (Wildman–Crippen LogP) is 1.93. The fourth-order valence-corrected chi connectivity index (χ4v) is 1.81. The molecule has 1 rings (SSSR count). The van der Waals surface area contributed by atoms with Crippen LogP contribution in [0.4, 0.5) is 0 Å². The summed E-state index contributed by atoms with van der Waals surface area (Å²) < 4.78 is 0. The molecule has 0 aromatic heterocycles. The normalized spacial score (nSPS) is 36.2. The first kappa shape index (κ1) is 6.56. The second-order valence-corrected chi connectivity index (χ2v) is 3.74. The van der Waals surface area contributed by atoms with Gasteiger partial charge in [0, 0.05) is 10.7 Å². The molecule has 0 spiro atoms.